The monoisotopic (exact) mass is 225 g/mol. The average Bonchev–Trinajstić information content (AvgIpc) is 2.22. The quantitative estimate of drug-likeness (QED) is 0.638. The fourth-order valence-electron chi connectivity index (χ4n) is 0.709. The maximum Gasteiger partial charge on any atom is 0.328 e. The molecule has 0 aromatic carbocycles. The van der Waals surface area contributed by atoms with Crippen LogP contribution in [0.2, 0.25) is 0 Å². The Morgan fingerprint density at radius 3 is 2.56 bits per heavy atom. The summed E-state index contributed by atoms with van der Waals surface area (Å²) >= 11 is 0. The molecular weight excluding hydrogens is 214 g/mol. The Balaban J connectivity index is 4.09. The molecule has 0 rings (SSSR count). The molecule has 0 unspecified atom stereocenters. The van der Waals surface area contributed by atoms with Gasteiger partial charge in [0.1, 0.15) is 0 Å². The molecule has 2 N–H and O–H groups in total. The van der Waals surface area contributed by atoms with Gasteiger partial charge in [-0.05, 0) is 0 Å². The third-order valence-electron chi connectivity index (χ3n) is 1.51. The molecule has 0 atom stereocenters. The summed E-state index contributed by atoms with van der Waals surface area (Å²) in [7, 11) is 1.42. The summed E-state index contributed by atoms with van der Waals surface area (Å²) in [6.45, 7) is 0.193. The van der Waals surface area contributed by atoms with Crippen molar-refractivity contribution in [2.75, 3.05) is 13.6 Å². The van der Waals surface area contributed by atoms with Gasteiger partial charge in [-0.1, -0.05) is 0 Å². The van der Waals surface area contributed by atoms with Crippen molar-refractivity contribution in [1.82, 2.24) is 10.2 Å². The van der Waals surface area contributed by atoms with E-state index in [0.717, 1.165) is 11.0 Å². The molecule has 7 nitrogen and oxygen atoms in total. The molecule has 7 heteroatoms. The molecule has 0 saturated carbocycles. The van der Waals surface area contributed by atoms with Crippen LogP contribution in [-0.4, -0.2) is 41.5 Å². The Hall–Kier alpha value is -2.36. The number of carbonyl (C=O) groups excluding carboxylic acids is 2. The summed E-state index contributed by atoms with van der Waals surface area (Å²) in [5.74, 6) is -2.10. The van der Waals surface area contributed by atoms with Crippen molar-refractivity contribution in [3.05, 3.63) is 12.2 Å². The molecule has 86 valence electrons. The van der Waals surface area contributed by atoms with E-state index in [1.165, 1.54) is 7.05 Å². The second-order valence-electron chi connectivity index (χ2n) is 2.80. The summed E-state index contributed by atoms with van der Waals surface area (Å²) in [6.07, 6.45) is 1.51. The average molecular weight is 225 g/mol. The highest BCUT2D eigenvalue weighted by Gasteiger charge is 2.10. The Labute approximate surface area is 92.0 Å². The fourth-order valence-corrected chi connectivity index (χ4v) is 0.709. The number of rotatable bonds is 4. The van der Waals surface area contributed by atoms with Crippen LogP contribution in [0.5, 0.6) is 0 Å². The first kappa shape index (κ1) is 13.6. The number of carbonyl (C=O) groups is 3. The van der Waals surface area contributed by atoms with Gasteiger partial charge >= 0.3 is 12.0 Å². The van der Waals surface area contributed by atoms with Crippen LogP contribution in [0.3, 0.4) is 0 Å². The first-order chi connectivity index (χ1) is 7.47. The number of hydrogen-bond donors (Lipinski definition) is 2. The van der Waals surface area contributed by atoms with Crippen LogP contribution >= 0.6 is 0 Å². The fraction of sp³-hybridized carbons (Fsp3) is 0.333. The number of carboxylic acids is 1. The van der Waals surface area contributed by atoms with Gasteiger partial charge in [-0.25, -0.2) is 9.59 Å². The molecule has 0 aromatic rings. The van der Waals surface area contributed by atoms with Crippen molar-refractivity contribution in [1.29, 1.82) is 5.26 Å². The minimum atomic E-state index is -1.28. The Kier molecular flexibility index (Phi) is 5.97. The molecule has 0 aliphatic rings. The second kappa shape index (κ2) is 7.00. The highest BCUT2D eigenvalue weighted by atomic mass is 16.4. The molecule has 0 spiro atoms. The predicted octanol–water partition coefficient (Wildman–Crippen LogP) is -0.291. The second-order valence-corrected chi connectivity index (χ2v) is 2.80. The van der Waals surface area contributed by atoms with Gasteiger partial charge in [0.15, 0.2) is 0 Å². The minimum Gasteiger partial charge on any atom is -0.478 e. The zero-order valence-electron chi connectivity index (χ0n) is 8.64. The van der Waals surface area contributed by atoms with Crippen LogP contribution in [0.4, 0.5) is 4.79 Å². The summed E-state index contributed by atoms with van der Waals surface area (Å²) in [5.41, 5.74) is 0. The summed E-state index contributed by atoms with van der Waals surface area (Å²) in [6, 6.07) is 1.16. The van der Waals surface area contributed by atoms with Gasteiger partial charge in [0.05, 0.1) is 12.5 Å². The lowest BCUT2D eigenvalue weighted by molar-refractivity contribution is -0.131. The van der Waals surface area contributed by atoms with Gasteiger partial charge in [-0.2, -0.15) is 5.26 Å². The van der Waals surface area contributed by atoms with E-state index in [4.69, 9.17) is 10.4 Å². The van der Waals surface area contributed by atoms with E-state index in [1.54, 1.807) is 0 Å². The topological polar surface area (TPSA) is 111 Å². The first-order valence-electron chi connectivity index (χ1n) is 4.31. The van der Waals surface area contributed by atoms with Crippen molar-refractivity contribution in [2.45, 2.75) is 6.42 Å². The number of aliphatic carboxylic acids is 1. The van der Waals surface area contributed by atoms with Crippen molar-refractivity contribution < 1.29 is 19.5 Å². The number of nitrogens with one attached hydrogen (secondary N) is 1. The van der Waals surface area contributed by atoms with E-state index >= 15 is 0 Å². The largest absolute Gasteiger partial charge is 0.478 e. The van der Waals surface area contributed by atoms with Crippen molar-refractivity contribution in [3.8, 4) is 6.07 Å². The number of hydrogen-bond acceptors (Lipinski definition) is 4. The Morgan fingerprint density at radius 2 is 2.06 bits per heavy atom. The SMILES string of the molecule is CN(CCC#N)C(=O)NC(=O)/C=C/C(=O)O. The number of carboxylic acid groups (broad SMARTS) is 1. The third kappa shape index (κ3) is 6.15. The lowest BCUT2D eigenvalue weighted by Gasteiger charge is -2.14. The van der Waals surface area contributed by atoms with Crippen molar-refractivity contribution >= 4 is 17.9 Å². The van der Waals surface area contributed by atoms with Gasteiger partial charge in [-0.3, -0.25) is 10.1 Å². The van der Waals surface area contributed by atoms with Crippen LogP contribution < -0.4 is 5.32 Å². The zero-order valence-corrected chi connectivity index (χ0v) is 8.64. The van der Waals surface area contributed by atoms with Crippen molar-refractivity contribution in [2.24, 2.45) is 0 Å². The molecule has 0 saturated heterocycles. The lowest BCUT2D eigenvalue weighted by atomic mass is 10.4. The van der Waals surface area contributed by atoms with Crippen molar-refractivity contribution in [3.63, 3.8) is 0 Å². The van der Waals surface area contributed by atoms with Gasteiger partial charge in [0.25, 0.3) is 5.91 Å². The zero-order chi connectivity index (χ0) is 12.6. The highest BCUT2D eigenvalue weighted by molar-refractivity contribution is 6.02. The molecule has 3 amide bonds. The van der Waals surface area contributed by atoms with Gasteiger partial charge in [-0.15, -0.1) is 0 Å². The van der Waals surface area contributed by atoms with E-state index < -0.39 is 17.9 Å². The van der Waals surface area contributed by atoms with E-state index in [-0.39, 0.29) is 13.0 Å². The summed E-state index contributed by atoms with van der Waals surface area (Å²) in [5, 5.41) is 18.4. The molecule has 0 fully saturated rings. The standard InChI is InChI=1S/C9H11N3O4/c1-12(6-2-5-10)9(16)11-7(13)3-4-8(14)15/h3-4H,2,6H2,1H3,(H,14,15)(H,11,13,16)/b4-3+. The molecule has 0 aliphatic heterocycles. The van der Waals surface area contributed by atoms with Gasteiger partial charge in [0.2, 0.25) is 0 Å². The van der Waals surface area contributed by atoms with Crippen LogP contribution in [0, 0.1) is 11.3 Å². The number of nitriles is 1. The molecule has 0 radical (unpaired) electrons. The van der Waals surface area contributed by atoms with Crippen LogP contribution in [-0.2, 0) is 9.59 Å². The smallest absolute Gasteiger partial charge is 0.328 e. The Bertz CT molecular complexity index is 356. The summed E-state index contributed by atoms with van der Waals surface area (Å²) in [4.78, 5) is 33.4. The highest BCUT2D eigenvalue weighted by Crippen LogP contribution is 1.87. The number of amides is 3. The minimum absolute atomic E-state index is 0.156. The maximum absolute atomic E-state index is 11.2. The number of nitrogens with zero attached hydrogens (tertiary/aromatic N) is 2. The molecule has 16 heavy (non-hydrogen) atoms. The van der Waals surface area contributed by atoms with E-state index in [9.17, 15) is 14.4 Å². The Morgan fingerprint density at radius 1 is 1.44 bits per heavy atom. The normalized spacial score (nSPS) is 9.50. The van der Waals surface area contributed by atoms with E-state index in [0.29, 0.717) is 6.08 Å². The molecular formula is C9H11N3O4. The lowest BCUT2D eigenvalue weighted by Crippen LogP contribution is -2.40. The van der Waals surface area contributed by atoms with Crippen LogP contribution in [0.25, 0.3) is 0 Å². The number of urea groups is 1. The predicted molar refractivity (Wildman–Crippen MR) is 53.2 cm³/mol. The third-order valence-corrected chi connectivity index (χ3v) is 1.51. The van der Waals surface area contributed by atoms with E-state index in [2.05, 4.69) is 0 Å². The maximum atomic E-state index is 11.2. The van der Waals surface area contributed by atoms with E-state index in [1.807, 2.05) is 11.4 Å². The number of imide groups is 1. The molecule has 0 heterocycles. The van der Waals surface area contributed by atoms with Gasteiger partial charge in [0, 0.05) is 25.7 Å². The first-order valence-corrected chi connectivity index (χ1v) is 4.31. The molecule has 0 aromatic heterocycles. The van der Waals surface area contributed by atoms with Crippen LogP contribution in [0.1, 0.15) is 6.42 Å². The summed E-state index contributed by atoms with van der Waals surface area (Å²) < 4.78 is 0. The molecule has 0 aliphatic carbocycles. The molecule has 0 bridgehead atoms. The van der Waals surface area contributed by atoms with Gasteiger partial charge < -0.3 is 10.0 Å². The van der Waals surface area contributed by atoms with Crippen LogP contribution in [0.15, 0.2) is 12.2 Å².